The van der Waals surface area contributed by atoms with Crippen molar-refractivity contribution in [3.63, 3.8) is 0 Å². The Morgan fingerprint density at radius 1 is 1.23 bits per heavy atom. The third-order valence-corrected chi connectivity index (χ3v) is 4.97. The van der Waals surface area contributed by atoms with Gasteiger partial charge in [0.05, 0.1) is 18.1 Å². The molecular formula is C18H21ClN4O2S. The standard InChI is InChI=1S/C18H21ClN4O2S/c1-4-16-21-17-12(2)15(22-26(3,24)25)11-20-18(17)23(16)14-7-5-13(6-8-14)9-10-19/h5-8,11,22H,4,9-10H2,1-3H3. The molecule has 0 unspecified atom stereocenters. The fraction of sp³-hybridized carbons (Fsp3) is 0.333. The number of anilines is 1. The highest BCUT2D eigenvalue weighted by Crippen LogP contribution is 2.27. The topological polar surface area (TPSA) is 76.9 Å². The number of hydrogen-bond acceptors (Lipinski definition) is 4. The van der Waals surface area contributed by atoms with Crippen molar-refractivity contribution in [3.8, 4) is 5.69 Å². The van der Waals surface area contributed by atoms with Crippen LogP contribution in [0.25, 0.3) is 16.9 Å². The SMILES string of the molecule is CCc1nc2c(C)c(NS(C)(=O)=O)cnc2n1-c1ccc(CCCl)cc1. The van der Waals surface area contributed by atoms with Crippen molar-refractivity contribution in [1.82, 2.24) is 14.5 Å². The second-order valence-corrected chi connectivity index (χ2v) is 8.29. The Hall–Kier alpha value is -2.12. The number of rotatable bonds is 6. The summed E-state index contributed by atoms with van der Waals surface area (Å²) in [5, 5.41) is 0. The van der Waals surface area contributed by atoms with Crippen LogP contribution in [0.3, 0.4) is 0 Å². The van der Waals surface area contributed by atoms with Crippen LogP contribution in [0.4, 0.5) is 5.69 Å². The van der Waals surface area contributed by atoms with Crippen LogP contribution in [0.15, 0.2) is 30.5 Å². The molecule has 0 atom stereocenters. The van der Waals surface area contributed by atoms with Gasteiger partial charge in [-0.2, -0.15) is 0 Å². The van der Waals surface area contributed by atoms with Crippen LogP contribution in [-0.4, -0.2) is 35.1 Å². The number of alkyl halides is 1. The summed E-state index contributed by atoms with van der Waals surface area (Å²) in [6.07, 6.45) is 4.21. The molecule has 0 spiro atoms. The monoisotopic (exact) mass is 392 g/mol. The summed E-state index contributed by atoms with van der Waals surface area (Å²) in [5.41, 5.74) is 4.76. The van der Waals surface area contributed by atoms with Gasteiger partial charge in [0.1, 0.15) is 11.3 Å². The smallest absolute Gasteiger partial charge is 0.229 e. The number of hydrogen-bond donors (Lipinski definition) is 1. The van der Waals surface area contributed by atoms with Crippen molar-refractivity contribution in [2.24, 2.45) is 0 Å². The molecule has 0 saturated heterocycles. The molecule has 8 heteroatoms. The molecule has 1 aromatic carbocycles. The Bertz CT molecular complexity index is 1040. The van der Waals surface area contributed by atoms with Crippen LogP contribution in [0.2, 0.25) is 0 Å². The zero-order valence-corrected chi connectivity index (χ0v) is 16.5. The number of aromatic nitrogens is 3. The predicted octanol–water partition coefficient (Wildman–Crippen LogP) is 3.44. The lowest BCUT2D eigenvalue weighted by Gasteiger charge is -2.10. The Kier molecular flexibility index (Phi) is 5.20. The van der Waals surface area contributed by atoms with E-state index in [1.165, 1.54) is 11.8 Å². The Morgan fingerprint density at radius 2 is 1.92 bits per heavy atom. The fourth-order valence-electron chi connectivity index (χ4n) is 2.91. The van der Waals surface area contributed by atoms with Crippen LogP contribution >= 0.6 is 11.6 Å². The summed E-state index contributed by atoms with van der Waals surface area (Å²) in [5.74, 6) is 1.46. The Labute approximate surface area is 158 Å². The van der Waals surface area contributed by atoms with E-state index in [4.69, 9.17) is 16.6 Å². The van der Waals surface area contributed by atoms with Gasteiger partial charge in [-0.1, -0.05) is 19.1 Å². The summed E-state index contributed by atoms with van der Waals surface area (Å²) in [7, 11) is -3.37. The lowest BCUT2D eigenvalue weighted by atomic mass is 10.1. The van der Waals surface area contributed by atoms with Gasteiger partial charge in [-0.05, 0) is 31.0 Å². The van der Waals surface area contributed by atoms with Gasteiger partial charge in [0.2, 0.25) is 10.0 Å². The average molecular weight is 393 g/mol. The van der Waals surface area contributed by atoms with E-state index in [1.54, 1.807) is 0 Å². The molecule has 0 fully saturated rings. The molecule has 26 heavy (non-hydrogen) atoms. The maximum atomic E-state index is 11.6. The van der Waals surface area contributed by atoms with Gasteiger partial charge in [0.25, 0.3) is 0 Å². The molecule has 2 aromatic heterocycles. The van der Waals surface area contributed by atoms with E-state index in [0.717, 1.165) is 36.2 Å². The van der Waals surface area contributed by atoms with Gasteiger partial charge in [-0.3, -0.25) is 9.29 Å². The summed E-state index contributed by atoms with van der Waals surface area (Å²) < 4.78 is 27.6. The molecule has 0 aliphatic carbocycles. The van der Waals surface area contributed by atoms with Crippen LogP contribution < -0.4 is 4.72 Å². The van der Waals surface area contributed by atoms with Crippen molar-refractivity contribution in [1.29, 1.82) is 0 Å². The lowest BCUT2D eigenvalue weighted by Crippen LogP contribution is -2.11. The second kappa shape index (κ2) is 7.25. The van der Waals surface area contributed by atoms with Gasteiger partial charge in [0, 0.05) is 23.6 Å². The van der Waals surface area contributed by atoms with Crippen molar-refractivity contribution in [3.05, 3.63) is 47.4 Å². The van der Waals surface area contributed by atoms with E-state index < -0.39 is 10.0 Å². The molecule has 0 bridgehead atoms. The van der Waals surface area contributed by atoms with Gasteiger partial charge in [-0.15, -0.1) is 11.6 Å². The van der Waals surface area contributed by atoms with E-state index in [-0.39, 0.29) is 0 Å². The van der Waals surface area contributed by atoms with Crippen LogP contribution in [-0.2, 0) is 22.9 Å². The minimum Gasteiger partial charge on any atom is -0.282 e. The Morgan fingerprint density at radius 3 is 2.50 bits per heavy atom. The number of nitrogens with one attached hydrogen (secondary N) is 1. The minimum absolute atomic E-state index is 0.449. The van der Waals surface area contributed by atoms with Crippen molar-refractivity contribution < 1.29 is 8.42 Å². The van der Waals surface area contributed by atoms with Crippen molar-refractivity contribution >= 4 is 38.5 Å². The molecule has 6 nitrogen and oxygen atoms in total. The summed E-state index contributed by atoms with van der Waals surface area (Å²) in [6, 6.07) is 8.16. The first kappa shape index (κ1) is 18.7. The number of pyridine rings is 1. The average Bonchev–Trinajstić information content (AvgIpc) is 2.97. The molecule has 1 N–H and O–H groups in total. The molecule has 0 amide bonds. The first-order valence-corrected chi connectivity index (χ1v) is 10.8. The zero-order chi connectivity index (χ0) is 18.9. The molecule has 0 aliphatic rings. The maximum Gasteiger partial charge on any atom is 0.229 e. The quantitative estimate of drug-likeness (QED) is 0.652. The number of nitrogens with zero attached hydrogens (tertiary/aromatic N) is 3. The number of fused-ring (bicyclic) bond motifs is 1. The van der Waals surface area contributed by atoms with Gasteiger partial charge in [0.15, 0.2) is 5.65 Å². The highest BCUT2D eigenvalue weighted by Gasteiger charge is 2.17. The maximum absolute atomic E-state index is 11.6. The van der Waals surface area contributed by atoms with Gasteiger partial charge >= 0.3 is 0 Å². The van der Waals surface area contributed by atoms with E-state index in [2.05, 4.69) is 21.8 Å². The van der Waals surface area contributed by atoms with Crippen molar-refractivity contribution in [2.45, 2.75) is 26.7 Å². The third kappa shape index (κ3) is 3.68. The van der Waals surface area contributed by atoms with Crippen molar-refractivity contribution in [2.75, 3.05) is 16.9 Å². The number of sulfonamides is 1. The molecular weight excluding hydrogens is 372 g/mol. The van der Waals surface area contributed by atoms with E-state index in [9.17, 15) is 8.42 Å². The molecule has 0 aliphatic heterocycles. The lowest BCUT2D eigenvalue weighted by molar-refractivity contribution is 0.606. The molecule has 3 rings (SSSR count). The molecule has 138 valence electrons. The van der Waals surface area contributed by atoms with Crippen LogP contribution in [0.5, 0.6) is 0 Å². The van der Waals surface area contributed by atoms with E-state index >= 15 is 0 Å². The van der Waals surface area contributed by atoms with E-state index in [1.807, 2.05) is 30.5 Å². The number of benzene rings is 1. The number of imidazole rings is 1. The van der Waals surface area contributed by atoms with Gasteiger partial charge < -0.3 is 0 Å². The first-order chi connectivity index (χ1) is 12.3. The molecule has 0 radical (unpaired) electrons. The van der Waals surface area contributed by atoms with E-state index in [0.29, 0.717) is 22.7 Å². The third-order valence-electron chi connectivity index (χ3n) is 4.19. The minimum atomic E-state index is -3.37. The normalized spacial score (nSPS) is 11.8. The van der Waals surface area contributed by atoms with Gasteiger partial charge in [-0.25, -0.2) is 18.4 Å². The predicted molar refractivity (Wildman–Crippen MR) is 106 cm³/mol. The second-order valence-electron chi connectivity index (χ2n) is 6.17. The molecule has 3 aromatic rings. The fourth-order valence-corrected chi connectivity index (χ4v) is 3.73. The Balaban J connectivity index is 2.15. The highest BCUT2D eigenvalue weighted by molar-refractivity contribution is 7.92. The summed E-state index contributed by atoms with van der Waals surface area (Å²) in [4.78, 5) is 9.18. The first-order valence-electron chi connectivity index (χ1n) is 8.34. The molecule has 0 saturated carbocycles. The highest BCUT2D eigenvalue weighted by atomic mass is 35.5. The summed E-state index contributed by atoms with van der Waals surface area (Å²) >= 11 is 5.81. The van der Waals surface area contributed by atoms with Crippen LogP contribution in [0.1, 0.15) is 23.9 Å². The largest absolute Gasteiger partial charge is 0.282 e. The zero-order valence-electron chi connectivity index (χ0n) is 15.0. The van der Waals surface area contributed by atoms with Crippen LogP contribution in [0, 0.1) is 6.92 Å². The molecule has 2 heterocycles. The summed E-state index contributed by atoms with van der Waals surface area (Å²) in [6.45, 7) is 3.88. The number of aryl methyl sites for hydroxylation is 3. The number of halogens is 1.